The monoisotopic (exact) mass is 422 g/mol. The van der Waals surface area contributed by atoms with E-state index in [1.807, 2.05) is 36.4 Å². The number of hydrogen-bond donors (Lipinski definition) is 0. The van der Waals surface area contributed by atoms with Crippen LogP contribution in [0.15, 0.2) is 97.2 Å². The number of ether oxygens (including phenoxy) is 3. The van der Waals surface area contributed by atoms with E-state index < -0.39 is 5.97 Å². The van der Waals surface area contributed by atoms with Gasteiger partial charge < -0.3 is 14.2 Å². The fraction of sp³-hybridized carbons (Fsp3) is 0.0385. The van der Waals surface area contributed by atoms with Crippen LogP contribution in [-0.4, -0.2) is 17.6 Å². The van der Waals surface area contributed by atoms with Gasteiger partial charge in [0.2, 0.25) is 5.88 Å². The molecule has 0 radical (unpaired) electrons. The van der Waals surface area contributed by atoms with E-state index in [9.17, 15) is 4.79 Å². The predicted octanol–water partition coefficient (Wildman–Crippen LogP) is 5.40. The van der Waals surface area contributed by atoms with Gasteiger partial charge in [0.05, 0.1) is 11.6 Å². The summed E-state index contributed by atoms with van der Waals surface area (Å²) in [6, 6.07) is 28.8. The number of benzene rings is 3. The highest BCUT2D eigenvalue weighted by Crippen LogP contribution is 2.24. The smallest absolute Gasteiger partial charge is 0.349 e. The number of nitriles is 1. The third-order valence-electron chi connectivity index (χ3n) is 4.47. The molecule has 1 heterocycles. The molecule has 0 N–H and O–H groups in total. The number of carbonyl (C=O) groups excluding carboxylic acids is 1. The summed E-state index contributed by atoms with van der Waals surface area (Å²) in [6.07, 6.45) is 1.65. The largest absolute Gasteiger partial charge is 0.482 e. The maximum atomic E-state index is 12.1. The van der Waals surface area contributed by atoms with E-state index in [4.69, 9.17) is 19.5 Å². The number of rotatable bonds is 7. The molecule has 6 nitrogen and oxygen atoms in total. The van der Waals surface area contributed by atoms with Crippen molar-refractivity contribution in [2.24, 2.45) is 0 Å². The van der Waals surface area contributed by atoms with Crippen molar-refractivity contribution in [1.29, 1.82) is 5.26 Å². The third-order valence-corrected chi connectivity index (χ3v) is 4.47. The van der Waals surface area contributed by atoms with Gasteiger partial charge in [0.25, 0.3) is 0 Å². The van der Waals surface area contributed by atoms with Crippen molar-refractivity contribution in [3.8, 4) is 40.3 Å². The zero-order valence-corrected chi connectivity index (χ0v) is 17.0. The Hall–Kier alpha value is -4.63. The Kier molecular flexibility index (Phi) is 6.39. The molecule has 0 saturated carbocycles. The first-order chi connectivity index (χ1) is 15.7. The minimum Gasteiger partial charge on any atom is -0.482 e. The van der Waals surface area contributed by atoms with Crippen LogP contribution in [0.5, 0.6) is 23.1 Å². The van der Waals surface area contributed by atoms with Crippen molar-refractivity contribution in [2.45, 2.75) is 0 Å². The molecule has 4 rings (SSSR count). The molecule has 0 fully saturated rings. The SMILES string of the molecule is N#Cc1ccc(-c2ccc(OC(=O)COc3ccc(Oc4ccccn4)cc3)cc2)cc1. The predicted molar refractivity (Wildman–Crippen MR) is 118 cm³/mol. The maximum absolute atomic E-state index is 12.1. The fourth-order valence-corrected chi connectivity index (χ4v) is 2.89. The number of hydrogen-bond acceptors (Lipinski definition) is 6. The Balaban J connectivity index is 1.27. The van der Waals surface area contributed by atoms with Crippen molar-refractivity contribution < 1.29 is 19.0 Å². The van der Waals surface area contributed by atoms with Crippen molar-refractivity contribution in [1.82, 2.24) is 4.98 Å². The molecule has 156 valence electrons. The van der Waals surface area contributed by atoms with Crippen LogP contribution in [-0.2, 0) is 4.79 Å². The van der Waals surface area contributed by atoms with Gasteiger partial charge in [-0.05, 0) is 65.7 Å². The standard InChI is InChI=1S/C26H18N2O4/c27-17-19-4-6-20(7-5-19)21-8-10-24(11-9-21)32-26(29)18-30-22-12-14-23(15-13-22)31-25-3-1-2-16-28-25/h1-16H,18H2. The van der Waals surface area contributed by atoms with E-state index in [0.29, 0.717) is 28.7 Å². The van der Waals surface area contributed by atoms with Gasteiger partial charge in [0.15, 0.2) is 6.61 Å². The Morgan fingerprint density at radius 1 is 0.781 bits per heavy atom. The maximum Gasteiger partial charge on any atom is 0.349 e. The number of esters is 1. The summed E-state index contributed by atoms with van der Waals surface area (Å²) in [4.78, 5) is 16.2. The van der Waals surface area contributed by atoms with Crippen LogP contribution < -0.4 is 14.2 Å². The first-order valence-electron chi connectivity index (χ1n) is 9.83. The van der Waals surface area contributed by atoms with Crippen LogP contribution in [0.2, 0.25) is 0 Å². The van der Waals surface area contributed by atoms with Gasteiger partial charge in [-0.2, -0.15) is 5.26 Å². The summed E-state index contributed by atoms with van der Waals surface area (Å²) < 4.78 is 16.4. The molecule has 0 unspecified atom stereocenters. The van der Waals surface area contributed by atoms with Crippen molar-refractivity contribution in [3.05, 3.63) is 103 Å². The first kappa shape index (κ1) is 20.6. The summed E-state index contributed by atoms with van der Waals surface area (Å²) >= 11 is 0. The number of pyridine rings is 1. The van der Waals surface area contributed by atoms with Gasteiger partial charge in [0, 0.05) is 12.3 Å². The normalized spacial score (nSPS) is 10.1. The minimum atomic E-state index is -0.509. The molecule has 0 aliphatic heterocycles. The zero-order valence-electron chi connectivity index (χ0n) is 17.0. The highest BCUT2D eigenvalue weighted by Gasteiger charge is 2.08. The van der Waals surface area contributed by atoms with E-state index in [1.165, 1.54) is 0 Å². The lowest BCUT2D eigenvalue weighted by atomic mass is 10.0. The summed E-state index contributed by atoms with van der Waals surface area (Å²) in [5, 5.41) is 8.89. The van der Waals surface area contributed by atoms with Crippen LogP contribution in [0, 0.1) is 11.3 Å². The van der Waals surface area contributed by atoms with Gasteiger partial charge >= 0.3 is 5.97 Å². The molecule has 4 aromatic rings. The van der Waals surface area contributed by atoms with Gasteiger partial charge in [-0.1, -0.05) is 30.3 Å². The van der Waals surface area contributed by atoms with Crippen molar-refractivity contribution in [2.75, 3.05) is 6.61 Å². The Morgan fingerprint density at radius 2 is 1.41 bits per heavy atom. The Morgan fingerprint density at radius 3 is 2.03 bits per heavy atom. The summed E-state index contributed by atoms with van der Waals surface area (Å²) in [7, 11) is 0. The molecule has 0 atom stereocenters. The number of nitrogens with zero attached hydrogens (tertiary/aromatic N) is 2. The lowest BCUT2D eigenvalue weighted by molar-refractivity contribution is -0.136. The molecule has 0 amide bonds. The second kappa shape index (κ2) is 9.92. The second-order valence-electron chi connectivity index (χ2n) is 6.72. The number of carbonyl (C=O) groups is 1. The quantitative estimate of drug-likeness (QED) is 0.293. The van der Waals surface area contributed by atoms with Crippen LogP contribution >= 0.6 is 0 Å². The lowest BCUT2D eigenvalue weighted by Crippen LogP contribution is -2.17. The molecule has 1 aromatic heterocycles. The van der Waals surface area contributed by atoms with Crippen LogP contribution in [0.25, 0.3) is 11.1 Å². The Labute approximate surface area is 185 Å². The molecule has 0 spiro atoms. The van der Waals surface area contributed by atoms with Crippen molar-refractivity contribution >= 4 is 5.97 Å². The molecule has 0 saturated heterocycles. The summed E-state index contributed by atoms with van der Waals surface area (Å²) in [5.41, 5.74) is 2.54. The summed E-state index contributed by atoms with van der Waals surface area (Å²) in [6.45, 7) is -0.224. The Bertz CT molecular complexity index is 1210. The molecular weight excluding hydrogens is 404 g/mol. The zero-order chi connectivity index (χ0) is 22.2. The number of aromatic nitrogens is 1. The average molecular weight is 422 g/mol. The molecule has 0 aliphatic carbocycles. The molecule has 32 heavy (non-hydrogen) atoms. The minimum absolute atomic E-state index is 0.224. The molecular formula is C26H18N2O4. The molecule has 0 aliphatic rings. The highest BCUT2D eigenvalue weighted by atomic mass is 16.6. The van der Waals surface area contributed by atoms with Gasteiger partial charge in [0.1, 0.15) is 17.2 Å². The van der Waals surface area contributed by atoms with E-state index in [-0.39, 0.29) is 6.61 Å². The summed E-state index contributed by atoms with van der Waals surface area (Å²) in [5.74, 6) is 1.54. The topological polar surface area (TPSA) is 81.4 Å². The fourth-order valence-electron chi connectivity index (χ4n) is 2.89. The van der Waals surface area contributed by atoms with Gasteiger partial charge in [-0.3, -0.25) is 0 Å². The van der Waals surface area contributed by atoms with Crippen LogP contribution in [0.4, 0.5) is 0 Å². The third kappa shape index (κ3) is 5.49. The van der Waals surface area contributed by atoms with E-state index in [0.717, 1.165) is 11.1 Å². The van der Waals surface area contributed by atoms with E-state index >= 15 is 0 Å². The van der Waals surface area contributed by atoms with Gasteiger partial charge in [-0.15, -0.1) is 0 Å². The molecule has 0 bridgehead atoms. The van der Waals surface area contributed by atoms with Crippen molar-refractivity contribution in [3.63, 3.8) is 0 Å². The van der Waals surface area contributed by atoms with Crippen LogP contribution in [0.3, 0.4) is 0 Å². The van der Waals surface area contributed by atoms with E-state index in [2.05, 4.69) is 11.1 Å². The molecule has 3 aromatic carbocycles. The molecule has 6 heteroatoms. The lowest BCUT2D eigenvalue weighted by Gasteiger charge is -2.09. The van der Waals surface area contributed by atoms with Crippen LogP contribution in [0.1, 0.15) is 5.56 Å². The highest BCUT2D eigenvalue weighted by molar-refractivity contribution is 5.74. The average Bonchev–Trinajstić information content (AvgIpc) is 2.85. The van der Waals surface area contributed by atoms with E-state index in [1.54, 1.807) is 60.8 Å². The van der Waals surface area contributed by atoms with Gasteiger partial charge in [-0.25, -0.2) is 9.78 Å². The first-order valence-corrected chi connectivity index (χ1v) is 9.83. The second-order valence-corrected chi connectivity index (χ2v) is 6.72.